The lowest BCUT2D eigenvalue weighted by Gasteiger charge is -2.31. The number of ether oxygens (including phenoxy) is 1. The molecule has 0 aliphatic carbocycles. The average molecular weight is 489 g/mol. The Bertz CT molecular complexity index is 1380. The molecule has 5 rings (SSSR count). The molecule has 0 radical (unpaired) electrons. The van der Waals surface area contributed by atoms with E-state index in [0.717, 1.165) is 28.7 Å². The number of fused-ring (bicyclic) bond motifs is 2. The highest BCUT2D eigenvalue weighted by molar-refractivity contribution is 5.97. The van der Waals surface area contributed by atoms with Crippen molar-refractivity contribution >= 4 is 17.8 Å². The van der Waals surface area contributed by atoms with E-state index < -0.39 is 11.5 Å². The number of halogens is 1. The summed E-state index contributed by atoms with van der Waals surface area (Å²) in [5, 5.41) is 2.84. The molecule has 186 valence electrons. The van der Waals surface area contributed by atoms with Crippen molar-refractivity contribution in [3.63, 3.8) is 0 Å². The fourth-order valence-corrected chi connectivity index (χ4v) is 4.74. The fraction of sp³-hybridized carbons (Fsp3) is 0.321. The molecule has 0 atom stereocenters. The molecule has 0 bridgehead atoms. The lowest BCUT2D eigenvalue weighted by atomic mass is 9.92. The van der Waals surface area contributed by atoms with Gasteiger partial charge in [0, 0.05) is 36.3 Å². The van der Waals surface area contributed by atoms with Crippen molar-refractivity contribution in [2.45, 2.75) is 45.8 Å². The van der Waals surface area contributed by atoms with Gasteiger partial charge in [0.15, 0.2) is 0 Å². The maximum absolute atomic E-state index is 15.0. The maximum atomic E-state index is 15.0. The Labute approximate surface area is 209 Å². The van der Waals surface area contributed by atoms with Crippen molar-refractivity contribution in [3.05, 3.63) is 70.7 Å². The van der Waals surface area contributed by atoms with E-state index >= 15 is 4.39 Å². The Morgan fingerprint density at radius 1 is 1.00 bits per heavy atom. The summed E-state index contributed by atoms with van der Waals surface area (Å²) in [4.78, 5) is 30.3. The first kappa shape index (κ1) is 23.8. The highest BCUT2D eigenvalue weighted by Gasteiger charge is 2.26. The summed E-state index contributed by atoms with van der Waals surface area (Å²) >= 11 is 0. The molecule has 36 heavy (non-hydrogen) atoms. The van der Waals surface area contributed by atoms with Gasteiger partial charge in [-0.25, -0.2) is 9.78 Å². The predicted molar refractivity (Wildman–Crippen MR) is 136 cm³/mol. The molecule has 1 aromatic heterocycles. The van der Waals surface area contributed by atoms with Crippen LogP contribution >= 0.6 is 0 Å². The third-order valence-electron chi connectivity index (χ3n) is 6.53. The number of rotatable bonds is 2. The molecule has 2 aliphatic rings. The van der Waals surface area contributed by atoms with Crippen LogP contribution in [0.3, 0.4) is 0 Å². The largest absolute Gasteiger partial charge is 0.444 e. The Balaban J connectivity index is 1.45. The van der Waals surface area contributed by atoms with Gasteiger partial charge in [0.05, 0.1) is 0 Å². The van der Waals surface area contributed by atoms with E-state index in [1.165, 1.54) is 0 Å². The summed E-state index contributed by atoms with van der Waals surface area (Å²) in [5.74, 6) is -0.630. The van der Waals surface area contributed by atoms with Crippen LogP contribution < -0.4 is 11.1 Å². The summed E-state index contributed by atoms with van der Waals surface area (Å²) in [5.41, 5.74) is 11.7. The van der Waals surface area contributed by atoms with Crippen molar-refractivity contribution in [3.8, 4) is 22.3 Å². The van der Waals surface area contributed by atoms with Gasteiger partial charge in [-0.2, -0.15) is 4.39 Å². The number of nitrogen functional groups attached to an aromatic ring is 1. The number of hydrogen-bond donors (Lipinski definition) is 2. The summed E-state index contributed by atoms with van der Waals surface area (Å²) in [6.07, 6.45) is 1.03. The zero-order valence-electron chi connectivity index (χ0n) is 20.7. The van der Waals surface area contributed by atoms with Gasteiger partial charge in [-0.05, 0) is 73.6 Å². The Kier molecular flexibility index (Phi) is 5.90. The molecular weight excluding hydrogens is 459 g/mol. The SMILES string of the molecule is CC(C)(C)OC(=O)N1CCc2cc(-c3cc(-c4ccc5c(c4)CCNC5=O)c(N)nc3F)ccc2C1. The van der Waals surface area contributed by atoms with Crippen molar-refractivity contribution in [2.24, 2.45) is 0 Å². The number of anilines is 1. The average Bonchev–Trinajstić information content (AvgIpc) is 2.82. The van der Waals surface area contributed by atoms with Crippen LogP contribution in [-0.4, -0.2) is 40.6 Å². The Morgan fingerprint density at radius 2 is 1.72 bits per heavy atom. The molecule has 3 heterocycles. The highest BCUT2D eigenvalue weighted by atomic mass is 19.1. The van der Waals surface area contributed by atoms with Gasteiger partial charge in [-0.1, -0.05) is 30.3 Å². The van der Waals surface area contributed by atoms with E-state index in [2.05, 4.69) is 10.3 Å². The summed E-state index contributed by atoms with van der Waals surface area (Å²) < 4.78 is 20.5. The van der Waals surface area contributed by atoms with E-state index in [9.17, 15) is 9.59 Å². The predicted octanol–water partition coefficient (Wildman–Crippen LogP) is 4.72. The van der Waals surface area contributed by atoms with Gasteiger partial charge >= 0.3 is 6.09 Å². The van der Waals surface area contributed by atoms with Crippen LogP contribution in [0.2, 0.25) is 0 Å². The van der Waals surface area contributed by atoms with Crippen LogP contribution in [0.15, 0.2) is 42.5 Å². The molecule has 0 spiro atoms. The molecule has 2 aromatic carbocycles. The van der Waals surface area contributed by atoms with E-state index in [-0.39, 0.29) is 17.8 Å². The molecular formula is C28H29FN4O3. The Morgan fingerprint density at radius 3 is 2.50 bits per heavy atom. The zero-order valence-corrected chi connectivity index (χ0v) is 20.7. The number of carbonyl (C=O) groups excluding carboxylic acids is 2. The first-order valence-electron chi connectivity index (χ1n) is 12.1. The van der Waals surface area contributed by atoms with Crippen LogP contribution in [0.5, 0.6) is 0 Å². The van der Waals surface area contributed by atoms with E-state index in [1.54, 1.807) is 17.0 Å². The van der Waals surface area contributed by atoms with Gasteiger partial charge in [0.25, 0.3) is 5.91 Å². The second-order valence-corrected chi connectivity index (χ2v) is 10.3. The third-order valence-corrected chi connectivity index (χ3v) is 6.53. The van der Waals surface area contributed by atoms with Gasteiger partial charge in [-0.15, -0.1) is 0 Å². The first-order chi connectivity index (χ1) is 17.1. The molecule has 7 nitrogen and oxygen atoms in total. The van der Waals surface area contributed by atoms with Crippen LogP contribution in [0.25, 0.3) is 22.3 Å². The molecule has 3 aromatic rings. The van der Waals surface area contributed by atoms with Crippen molar-refractivity contribution in [2.75, 3.05) is 18.8 Å². The van der Waals surface area contributed by atoms with Crippen LogP contribution in [0.1, 0.15) is 47.8 Å². The molecule has 2 amide bonds. The quantitative estimate of drug-likeness (QED) is 0.509. The Hall–Kier alpha value is -3.94. The van der Waals surface area contributed by atoms with Gasteiger partial charge in [0.2, 0.25) is 5.95 Å². The van der Waals surface area contributed by atoms with Crippen molar-refractivity contribution < 1.29 is 18.7 Å². The van der Waals surface area contributed by atoms with Crippen LogP contribution in [-0.2, 0) is 24.1 Å². The van der Waals surface area contributed by atoms with Gasteiger partial charge < -0.3 is 20.7 Å². The van der Waals surface area contributed by atoms with Gasteiger partial charge in [0.1, 0.15) is 11.4 Å². The fourth-order valence-electron chi connectivity index (χ4n) is 4.74. The number of hydrogen-bond acceptors (Lipinski definition) is 5. The minimum Gasteiger partial charge on any atom is -0.444 e. The molecule has 2 aliphatic heterocycles. The number of nitrogens with zero attached hydrogens (tertiary/aromatic N) is 2. The summed E-state index contributed by atoms with van der Waals surface area (Å²) in [6.45, 7) is 7.10. The number of nitrogens with two attached hydrogens (primary N) is 1. The molecule has 0 unspecified atom stereocenters. The standard InChI is InChI=1S/C28H29FN4O3/c1-28(2,3)36-27(35)33-11-9-16-12-17(4-5-20(16)15-33)22-14-23(25(30)32-24(22)29)18-6-7-21-19(13-18)8-10-31-26(21)34/h4-7,12-14H,8-11,15H2,1-3H3,(H2,30,32)(H,31,34). The summed E-state index contributed by atoms with van der Waals surface area (Å²) in [6, 6.07) is 13.0. The second kappa shape index (κ2) is 8.93. The minimum absolute atomic E-state index is 0.0898. The number of carbonyl (C=O) groups is 2. The smallest absolute Gasteiger partial charge is 0.410 e. The second-order valence-electron chi connectivity index (χ2n) is 10.3. The topological polar surface area (TPSA) is 97.5 Å². The molecule has 0 saturated heterocycles. The maximum Gasteiger partial charge on any atom is 0.410 e. The number of nitrogens with one attached hydrogen (secondary N) is 1. The molecule has 0 saturated carbocycles. The van der Waals surface area contributed by atoms with Gasteiger partial charge in [-0.3, -0.25) is 4.79 Å². The van der Waals surface area contributed by atoms with E-state index in [4.69, 9.17) is 10.5 Å². The molecule has 3 N–H and O–H groups in total. The number of amides is 2. The number of pyridine rings is 1. The van der Waals surface area contributed by atoms with Crippen LogP contribution in [0, 0.1) is 5.95 Å². The molecule has 8 heteroatoms. The monoisotopic (exact) mass is 488 g/mol. The van der Waals surface area contributed by atoms with Crippen molar-refractivity contribution in [1.82, 2.24) is 15.2 Å². The number of benzene rings is 2. The van der Waals surface area contributed by atoms with E-state index in [0.29, 0.717) is 48.3 Å². The normalized spacial score (nSPS) is 15.1. The molecule has 0 fully saturated rings. The number of aromatic nitrogens is 1. The zero-order chi connectivity index (χ0) is 25.6. The first-order valence-corrected chi connectivity index (χ1v) is 12.1. The lowest BCUT2D eigenvalue weighted by molar-refractivity contribution is 0.0224. The van der Waals surface area contributed by atoms with Crippen molar-refractivity contribution in [1.29, 1.82) is 0 Å². The van der Waals surface area contributed by atoms with Crippen LogP contribution in [0.4, 0.5) is 15.0 Å². The minimum atomic E-state index is -0.639. The van der Waals surface area contributed by atoms with E-state index in [1.807, 2.05) is 51.1 Å². The third kappa shape index (κ3) is 4.63. The summed E-state index contributed by atoms with van der Waals surface area (Å²) in [7, 11) is 0. The highest BCUT2D eigenvalue weighted by Crippen LogP contribution is 2.34. The lowest BCUT2D eigenvalue weighted by Crippen LogP contribution is -2.39.